The Morgan fingerprint density at radius 1 is 0.960 bits per heavy atom. The number of rotatable bonds is 6. The van der Waals surface area contributed by atoms with Crippen molar-refractivity contribution >= 4 is 22.4 Å². The molecule has 0 aliphatic carbocycles. The van der Waals surface area contributed by atoms with Crippen molar-refractivity contribution in [3.05, 3.63) is 66.7 Å². The first-order valence-electron chi connectivity index (χ1n) is 8.30. The lowest BCUT2D eigenvalue weighted by Crippen LogP contribution is -2.32. The van der Waals surface area contributed by atoms with Gasteiger partial charge in [-0.05, 0) is 41.5 Å². The number of fused-ring (bicyclic) bond motifs is 1. The molecule has 4 heteroatoms. The zero-order chi connectivity index (χ0) is 17.6. The van der Waals surface area contributed by atoms with Crippen LogP contribution in [0.4, 0.5) is 5.69 Å². The van der Waals surface area contributed by atoms with Crippen molar-refractivity contribution in [1.29, 1.82) is 0 Å². The predicted octanol–water partition coefficient (Wildman–Crippen LogP) is 4.64. The number of benzene rings is 3. The van der Waals surface area contributed by atoms with Crippen LogP contribution in [0.25, 0.3) is 10.8 Å². The number of nitrogens with one attached hydrogen (secondary N) is 1. The second kappa shape index (κ2) is 7.71. The van der Waals surface area contributed by atoms with Crippen molar-refractivity contribution in [2.75, 3.05) is 12.4 Å². The fourth-order valence-electron chi connectivity index (χ4n) is 2.68. The van der Waals surface area contributed by atoms with Crippen molar-refractivity contribution in [3.8, 4) is 11.5 Å². The maximum atomic E-state index is 12.6. The number of carbonyl (C=O) groups is 1. The molecule has 0 aromatic heterocycles. The minimum Gasteiger partial charge on any atom is -0.493 e. The summed E-state index contributed by atoms with van der Waals surface area (Å²) in [5, 5.41) is 5.16. The highest BCUT2D eigenvalue weighted by atomic mass is 16.5. The van der Waals surface area contributed by atoms with Crippen molar-refractivity contribution in [2.24, 2.45) is 0 Å². The molecule has 0 heterocycles. The Kier molecular flexibility index (Phi) is 5.19. The van der Waals surface area contributed by atoms with Gasteiger partial charge in [0.1, 0.15) is 0 Å². The van der Waals surface area contributed by atoms with Crippen molar-refractivity contribution < 1.29 is 14.3 Å². The van der Waals surface area contributed by atoms with E-state index in [1.807, 2.05) is 67.6 Å². The number of carbonyl (C=O) groups excluding carboxylic acids is 1. The summed E-state index contributed by atoms with van der Waals surface area (Å²) in [5.41, 5.74) is 0.755. The lowest BCUT2D eigenvalue weighted by Gasteiger charge is -2.19. The maximum absolute atomic E-state index is 12.6. The number of hydrogen-bond donors (Lipinski definition) is 1. The van der Waals surface area contributed by atoms with Gasteiger partial charge in [0.2, 0.25) is 0 Å². The summed E-state index contributed by atoms with van der Waals surface area (Å²) < 4.78 is 11.2. The summed E-state index contributed by atoms with van der Waals surface area (Å²) in [6.45, 7) is 1.92. The molecule has 3 aromatic carbocycles. The molecule has 0 unspecified atom stereocenters. The molecule has 1 amide bonds. The summed E-state index contributed by atoms with van der Waals surface area (Å²) in [6, 6.07) is 21.2. The highest BCUT2D eigenvalue weighted by Gasteiger charge is 2.20. The monoisotopic (exact) mass is 335 g/mol. The Morgan fingerprint density at radius 3 is 2.36 bits per heavy atom. The minimum atomic E-state index is -0.595. The van der Waals surface area contributed by atoms with Crippen LogP contribution in [-0.4, -0.2) is 19.1 Å². The molecule has 1 atom stereocenters. The molecular weight excluding hydrogens is 314 g/mol. The Hall–Kier alpha value is -3.01. The maximum Gasteiger partial charge on any atom is 0.265 e. The van der Waals surface area contributed by atoms with E-state index < -0.39 is 6.10 Å². The van der Waals surface area contributed by atoms with E-state index in [4.69, 9.17) is 9.47 Å². The zero-order valence-electron chi connectivity index (χ0n) is 14.4. The van der Waals surface area contributed by atoms with Crippen LogP contribution in [0.2, 0.25) is 0 Å². The molecule has 4 nitrogen and oxygen atoms in total. The van der Waals surface area contributed by atoms with E-state index >= 15 is 0 Å². The van der Waals surface area contributed by atoms with Crippen molar-refractivity contribution in [1.82, 2.24) is 0 Å². The van der Waals surface area contributed by atoms with Gasteiger partial charge in [-0.2, -0.15) is 0 Å². The third-order valence-corrected chi connectivity index (χ3v) is 4.02. The van der Waals surface area contributed by atoms with Gasteiger partial charge < -0.3 is 14.8 Å². The normalized spacial score (nSPS) is 11.8. The number of hydrogen-bond acceptors (Lipinski definition) is 3. The first-order chi connectivity index (χ1) is 12.2. The van der Waals surface area contributed by atoms with E-state index in [2.05, 4.69) is 5.32 Å². The number of methoxy groups -OCH3 is 1. The third kappa shape index (κ3) is 3.91. The van der Waals surface area contributed by atoms with Gasteiger partial charge in [0.25, 0.3) is 5.91 Å². The van der Waals surface area contributed by atoms with E-state index in [9.17, 15) is 4.79 Å². The number of ether oxygens (including phenoxy) is 2. The number of para-hydroxylation sites is 2. The fourth-order valence-corrected chi connectivity index (χ4v) is 2.68. The second-order valence-corrected chi connectivity index (χ2v) is 5.72. The summed E-state index contributed by atoms with van der Waals surface area (Å²) in [4.78, 5) is 12.6. The first-order valence-corrected chi connectivity index (χ1v) is 8.30. The van der Waals surface area contributed by atoms with Gasteiger partial charge in [-0.15, -0.1) is 0 Å². The molecular formula is C21H21NO3. The minimum absolute atomic E-state index is 0.177. The Bertz CT molecular complexity index is 876. The quantitative estimate of drug-likeness (QED) is 0.713. The molecule has 0 radical (unpaired) electrons. The summed E-state index contributed by atoms with van der Waals surface area (Å²) in [5.74, 6) is 0.994. The Balaban J connectivity index is 1.75. The van der Waals surface area contributed by atoms with Crippen LogP contribution in [0.5, 0.6) is 11.5 Å². The summed E-state index contributed by atoms with van der Waals surface area (Å²) in [6.07, 6.45) is -0.0416. The SMILES string of the molecule is CC[C@@H](Oc1ccccc1OC)C(=O)Nc1ccc2ccccc2c1. The lowest BCUT2D eigenvalue weighted by molar-refractivity contribution is -0.122. The topological polar surface area (TPSA) is 47.6 Å². The molecule has 0 aliphatic heterocycles. The average molecular weight is 335 g/mol. The van der Waals surface area contributed by atoms with Gasteiger partial charge in [-0.3, -0.25) is 4.79 Å². The average Bonchev–Trinajstić information content (AvgIpc) is 2.66. The van der Waals surface area contributed by atoms with Crippen LogP contribution < -0.4 is 14.8 Å². The molecule has 25 heavy (non-hydrogen) atoms. The highest BCUT2D eigenvalue weighted by molar-refractivity contribution is 5.96. The van der Waals surface area contributed by atoms with Gasteiger partial charge in [-0.1, -0.05) is 49.4 Å². The van der Waals surface area contributed by atoms with Crippen LogP contribution >= 0.6 is 0 Å². The second-order valence-electron chi connectivity index (χ2n) is 5.72. The lowest BCUT2D eigenvalue weighted by atomic mass is 10.1. The van der Waals surface area contributed by atoms with E-state index in [0.717, 1.165) is 16.5 Å². The molecule has 3 aromatic rings. The molecule has 0 fully saturated rings. The third-order valence-electron chi connectivity index (χ3n) is 4.02. The molecule has 0 saturated carbocycles. The fraction of sp³-hybridized carbons (Fsp3) is 0.190. The Morgan fingerprint density at radius 2 is 1.64 bits per heavy atom. The van der Waals surface area contributed by atoms with E-state index in [0.29, 0.717) is 17.9 Å². The summed E-state index contributed by atoms with van der Waals surface area (Å²) >= 11 is 0. The van der Waals surface area contributed by atoms with Crippen LogP contribution in [0.1, 0.15) is 13.3 Å². The zero-order valence-corrected chi connectivity index (χ0v) is 14.4. The van der Waals surface area contributed by atoms with Crippen LogP contribution in [0.3, 0.4) is 0 Å². The Labute approximate surface area is 147 Å². The van der Waals surface area contributed by atoms with Gasteiger partial charge in [-0.25, -0.2) is 0 Å². The van der Waals surface area contributed by atoms with E-state index in [-0.39, 0.29) is 5.91 Å². The molecule has 128 valence electrons. The smallest absolute Gasteiger partial charge is 0.265 e. The summed E-state index contributed by atoms with van der Waals surface area (Å²) in [7, 11) is 1.58. The molecule has 0 aliphatic rings. The molecule has 0 saturated heterocycles. The highest BCUT2D eigenvalue weighted by Crippen LogP contribution is 2.27. The van der Waals surface area contributed by atoms with Gasteiger partial charge in [0.15, 0.2) is 17.6 Å². The largest absolute Gasteiger partial charge is 0.493 e. The molecule has 1 N–H and O–H groups in total. The first kappa shape index (κ1) is 16.8. The molecule has 0 bridgehead atoms. The number of amides is 1. The van der Waals surface area contributed by atoms with Gasteiger partial charge >= 0.3 is 0 Å². The van der Waals surface area contributed by atoms with E-state index in [1.165, 1.54) is 0 Å². The van der Waals surface area contributed by atoms with Crippen molar-refractivity contribution in [2.45, 2.75) is 19.4 Å². The van der Waals surface area contributed by atoms with Gasteiger partial charge in [0.05, 0.1) is 7.11 Å². The standard InChI is InChI=1S/C21H21NO3/c1-3-18(25-20-11-7-6-10-19(20)24-2)21(23)22-17-13-12-15-8-4-5-9-16(15)14-17/h4-14,18H,3H2,1-2H3,(H,22,23)/t18-/m1/s1. The predicted molar refractivity (Wildman–Crippen MR) is 100 cm³/mol. The van der Waals surface area contributed by atoms with Gasteiger partial charge in [0, 0.05) is 5.69 Å². The van der Waals surface area contributed by atoms with E-state index in [1.54, 1.807) is 13.2 Å². The number of anilines is 1. The molecule has 0 spiro atoms. The van der Waals surface area contributed by atoms with Crippen molar-refractivity contribution in [3.63, 3.8) is 0 Å². The van der Waals surface area contributed by atoms with Crippen LogP contribution in [0, 0.1) is 0 Å². The van der Waals surface area contributed by atoms with Crippen LogP contribution in [0.15, 0.2) is 66.7 Å². The van der Waals surface area contributed by atoms with Crippen LogP contribution in [-0.2, 0) is 4.79 Å². The molecule has 3 rings (SSSR count).